The third-order valence-electron chi connectivity index (χ3n) is 2.68. The Morgan fingerprint density at radius 2 is 2.33 bits per heavy atom. The van der Waals surface area contributed by atoms with Gasteiger partial charge in [0.25, 0.3) is 0 Å². The number of thioether (sulfide) groups is 1. The second-order valence-electron chi connectivity index (χ2n) is 3.89. The number of aliphatic hydroxyl groups is 1. The molecule has 1 aliphatic rings. The van der Waals surface area contributed by atoms with Gasteiger partial charge < -0.3 is 15.2 Å². The Bertz CT molecular complexity index is 201. The Hall–Kier alpha value is -0.260. The van der Waals surface area contributed by atoms with Crippen LogP contribution in [0.5, 0.6) is 0 Å². The Labute approximate surface area is 94.8 Å². The number of ether oxygens (including phenoxy) is 1. The van der Waals surface area contributed by atoms with Gasteiger partial charge in [-0.3, -0.25) is 4.79 Å². The maximum atomic E-state index is 11.5. The summed E-state index contributed by atoms with van der Waals surface area (Å²) in [5, 5.41) is 12.1. The van der Waals surface area contributed by atoms with E-state index in [-0.39, 0.29) is 18.1 Å². The maximum Gasteiger partial charge on any atom is 0.230 e. The largest absolute Gasteiger partial charge is 0.394 e. The smallest absolute Gasteiger partial charge is 0.230 e. The van der Waals surface area contributed by atoms with Crippen LogP contribution in [0, 0.1) is 0 Å². The van der Waals surface area contributed by atoms with Gasteiger partial charge in [-0.15, -0.1) is 11.8 Å². The van der Waals surface area contributed by atoms with Gasteiger partial charge in [0.2, 0.25) is 5.91 Å². The zero-order chi connectivity index (χ0) is 11.1. The number of amides is 1. The van der Waals surface area contributed by atoms with E-state index in [1.165, 1.54) is 0 Å². The van der Waals surface area contributed by atoms with Crippen molar-refractivity contribution in [2.24, 2.45) is 0 Å². The molecule has 0 saturated heterocycles. The SMILES string of the molecule is COCCSCC(=O)NC1(CO)CCC1. The van der Waals surface area contributed by atoms with Gasteiger partial charge in [0.1, 0.15) is 0 Å². The van der Waals surface area contributed by atoms with Crippen LogP contribution in [-0.2, 0) is 9.53 Å². The summed E-state index contributed by atoms with van der Waals surface area (Å²) >= 11 is 1.55. The third-order valence-corrected chi connectivity index (χ3v) is 3.60. The van der Waals surface area contributed by atoms with Crippen molar-refractivity contribution in [2.75, 3.05) is 31.8 Å². The molecule has 0 aromatic carbocycles. The van der Waals surface area contributed by atoms with Crippen molar-refractivity contribution in [1.82, 2.24) is 5.32 Å². The van der Waals surface area contributed by atoms with Crippen molar-refractivity contribution in [3.63, 3.8) is 0 Å². The fraction of sp³-hybridized carbons (Fsp3) is 0.900. The van der Waals surface area contributed by atoms with Crippen LogP contribution < -0.4 is 5.32 Å². The van der Waals surface area contributed by atoms with E-state index in [9.17, 15) is 4.79 Å². The number of aliphatic hydroxyl groups excluding tert-OH is 1. The molecule has 0 unspecified atom stereocenters. The first-order chi connectivity index (χ1) is 7.22. The first-order valence-electron chi connectivity index (χ1n) is 5.21. The molecule has 1 rings (SSSR count). The van der Waals surface area contributed by atoms with Crippen molar-refractivity contribution >= 4 is 17.7 Å². The number of hydrogen-bond donors (Lipinski definition) is 2. The van der Waals surface area contributed by atoms with Crippen LogP contribution in [0.15, 0.2) is 0 Å². The Morgan fingerprint density at radius 1 is 1.60 bits per heavy atom. The molecule has 4 nitrogen and oxygen atoms in total. The summed E-state index contributed by atoms with van der Waals surface area (Å²) in [4.78, 5) is 11.5. The Balaban J connectivity index is 2.12. The summed E-state index contributed by atoms with van der Waals surface area (Å²) in [7, 11) is 1.65. The predicted molar refractivity (Wildman–Crippen MR) is 61.0 cm³/mol. The van der Waals surface area contributed by atoms with Gasteiger partial charge in [-0.1, -0.05) is 0 Å². The molecule has 1 saturated carbocycles. The van der Waals surface area contributed by atoms with Crippen LogP contribution in [0.3, 0.4) is 0 Å². The van der Waals surface area contributed by atoms with E-state index in [1.54, 1.807) is 18.9 Å². The zero-order valence-corrected chi connectivity index (χ0v) is 9.94. The lowest BCUT2D eigenvalue weighted by molar-refractivity contribution is -0.122. The molecule has 88 valence electrons. The van der Waals surface area contributed by atoms with E-state index in [4.69, 9.17) is 9.84 Å². The Morgan fingerprint density at radius 3 is 2.80 bits per heavy atom. The highest BCUT2D eigenvalue weighted by Crippen LogP contribution is 2.31. The van der Waals surface area contributed by atoms with E-state index >= 15 is 0 Å². The van der Waals surface area contributed by atoms with Crippen molar-refractivity contribution in [1.29, 1.82) is 0 Å². The van der Waals surface area contributed by atoms with Crippen molar-refractivity contribution in [2.45, 2.75) is 24.8 Å². The fourth-order valence-corrected chi connectivity index (χ4v) is 2.25. The van der Waals surface area contributed by atoms with Gasteiger partial charge in [-0.2, -0.15) is 0 Å². The first kappa shape index (κ1) is 12.8. The Kier molecular flexibility index (Phi) is 5.42. The minimum Gasteiger partial charge on any atom is -0.394 e. The van der Waals surface area contributed by atoms with Gasteiger partial charge in [0.15, 0.2) is 0 Å². The second kappa shape index (κ2) is 6.35. The second-order valence-corrected chi connectivity index (χ2v) is 4.99. The highest BCUT2D eigenvalue weighted by molar-refractivity contribution is 7.99. The summed E-state index contributed by atoms with van der Waals surface area (Å²) in [5.74, 6) is 1.30. The van der Waals surface area contributed by atoms with Crippen molar-refractivity contribution < 1.29 is 14.6 Å². The third kappa shape index (κ3) is 4.01. The molecule has 2 N–H and O–H groups in total. The average Bonchev–Trinajstić information content (AvgIpc) is 2.18. The number of hydrogen-bond acceptors (Lipinski definition) is 4. The highest BCUT2D eigenvalue weighted by Gasteiger charge is 2.37. The number of rotatable bonds is 7. The standard InChI is InChI=1S/C10H19NO3S/c1-14-5-6-15-7-9(13)11-10(8-12)3-2-4-10/h12H,2-8H2,1H3,(H,11,13). The molecule has 0 radical (unpaired) electrons. The molecular formula is C10H19NO3S. The van der Waals surface area contributed by atoms with E-state index in [0.717, 1.165) is 25.0 Å². The summed E-state index contributed by atoms with van der Waals surface area (Å²) in [6, 6.07) is 0. The molecule has 15 heavy (non-hydrogen) atoms. The van der Waals surface area contributed by atoms with Crippen LogP contribution in [0.4, 0.5) is 0 Å². The van der Waals surface area contributed by atoms with Crippen molar-refractivity contribution in [3.8, 4) is 0 Å². The zero-order valence-electron chi connectivity index (χ0n) is 9.12. The molecule has 0 atom stereocenters. The molecule has 1 amide bonds. The molecule has 0 aliphatic heterocycles. The molecular weight excluding hydrogens is 214 g/mol. The van der Waals surface area contributed by atoms with Crippen LogP contribution in [-0.4, -0.2) is 48.4 Å². The average molecular weight is 233 g/mol. The van der Waals surface area contributed by atoms with Crippen LogP contribution in [0.2, 0.25) is 0 Å². The van der Waals surface area contributed by atoms with Crippen LogP contribution in [0.1, 0.15) is 19.3 Å². The molecule has 1 aliphatic carbocycles. The first-order valence-corrected chi connectivity index (χ1v) is 6.36. The minimum absolute atomic E-state index is 0.0184. The highest BCUT2D eigenvalue weighted by atomic mass is 32.2. The molecule has 0 heterocycles. The van der Waals surface area contributed by atoms with Gasteiger partial charge in [0, 0.05) is 12.9 Å². The summed E-state index contributed by atoms with van der Waals surface area (Å²) in [5.41, 5.74) is -0.307. The normalized spacial score (nSPS) is 18.3. The molecule has 5 heteroatoms. The number of nitrogens with one attached hydrogen (secondary N) is 1. The molecule has 0 aromatic heterocycles. The number of carbonyl (C=O) groups excluding carboxylic acids is 1. The number of carbonyl (C=O) groups is 1. The molecule has 0 bridgehead atoms. The van der Waals surface area contributed by atoms with Crippen LogP contribution >= 0.6 is 11.8 Å². The molecule has 0 spiro atoms. The number of methoxy groups -OCH3 is 1. The predicted octanol–water partition coefficient (Wildman–Crippen LogP) is 0.397. The van der Waals surface area contributed by atoms with E-state index in [1.807, 2.05) is 0 Å². The van der Waals surface area contributed by atoms with E-state index < -0.39 is 0 Å². The molecule has 1 fully saturated rings. The van der Waals surface area contributed by atoms with E-state index in [2.05, 4.69) is 5.32 Å². The van der Waals surface area contributed by atoms with Gasteiger partial charge in [-0.05, 0) is 19.3 Å². The minimum atomic E-state index is -0.307. The molecule has 0 aromatic rings. The lowest BCUT2D eigenvalue weighted by atomic mass is 9.77. The maximum absolute atomic E-state index is 11.5. The van der Waals surface area contributed by atoms with Gasteiger partial charge >= 0.3 is 0 Å². The summed E-state index contributed by atoms with van der Waals surface area (Å²) < 4.78 is 4.89. The summed E-state index contributed by atoms with van der Waals surface area (Å²) in [6.07, 6.45) is 2.90. The van der Waals surface area contributed by atoms with E-state index in [0.29, 0.717) is 12.4 Å². The monoisotopic (exact) mass is 233 g/mol. The summed E-state index contributed by atoms with van der Waals surface area (Å²) in [6.45, 7) is 0.727. The lowest BCUT2D eigenvalue weighted by Crippen LogP contribution is -2.56. The fourth-order valence-electron chi connectivity index (χ4n) is 1.57. The van der Waals surface area contributed by atoms with Crippen molar-refractivity contribution in [3.05, 3.63) is 0 Å². The van der Waals surface area contributed by atoms with Crippen LogP contribution in [0.25, 0.3) is 0 Å². The topological polar surface area (TPSA) is 58.6 Å². The van der Waals surface area contributed by atoms with Gasteiger partial charge in [-0.25, -0.2) is 0 Å². The quantitative estimate of drug-likeness (QED) is 0.625. The van der Waals surface area contributed by atoms with Gasteiger partial charge in [0.05, 0.1) is 24.5 Å². The lowest BCUT2D eigenvalue weighted by Gasteiger charge is -2.40.